The molecule has 0 saturated heterocycles. The van der Waals surface area contributed by atoms with Crippen LogP contribution in [0.5, 0.6) is 0 Å². The maximum Gasteiger partial charge on any atom is 0.339 e. The van der Waals surface area contributed by atoms with E-state index in [2.05, 4.69) is 145 Å². The number of carbonyl (C=O) groups excluding carboxylic acids is 3. The Morgan fingerprint density at radius 1 is 0.347 bits per heavy atom. The molecule has 0 aromatic heterocycles. The van der Waals surface area contributed by atoms with E-state index in [4.69, 9.17) is 9.47 Å². The van der Waals surface area contributed by atoms with Crippen molar-refractivity contribution in [1.29, 1.82) is 0 Å². The average molecular weight is 2070 g/mol. The maximum atomic E-state index is 12.6. The lowest BCUT2D eigenvalue weighted by Crippen LogP contribution is -2.50. The van der Waals surface area contributed by atoms with Gasteiger partial charge in [0.05, 0.1) is 154 Å². The van der Waals surface area contributed by atoms with Crippen molar-refractivity contribution in [2.75, 3.05) is 129 Å². The zero-order valence-corrected chi connectivity index (χ0v) is 99.1. The predicted molar refractivity (Wildman–Crippen MR) is 612 cm³/mol. The summed E-state index contributed by atoms with van der Waals surface area (Å²) in [5.74, 6) is -0.392. The Kier molecular flexibility index (Phi) is 71.1. The summed E-state index contributed by atoms with van der Waals surface area (Å²) in [5, 5.41) is 5.46. The molecular weight excluding hydrogens is 1850 g/mol. The number of ether oxygens (including phenoxy) is 2. The second-order valence-electron chi connectivity index (χ2n) is 43.7. The smallest absolute Gasteiger partial charge is 0.339 e. The number of nitrogens with zero attached hydrogens (tertiary/aromatic N) is 4. The quantitative estimate of drug-likeness (QED) is 0.0113. The molecule has 0 radical (unpaired) electrons. The van der Waals surface area contributed by atoms with Gasteiger partial charge in [0.15, 0.2) is 0 Å². The number of hydrogen-bond donors (Lipinski definition) is 0. The standard InChI is InChI=1S/C19H18O5S.4C16H36N.C15H24O3S.C14H14O5S.C11H18O/c20-19(24-11-5-6-12-25(21,22)23)18-16-9-3-1-7-14(16)13-15-8-2-4-10-17(15)18;4*1-5-9-13-17(14-10-6-2,15-11-7-3)16-12-8-4;1-9(2)12-7-13(10(3)4)15(19(16,17)18)14(8-12)11(5)6;15-14(19-8-3-9-20(16,17)18)13-7-6-11-4-1-2-5-12(11)10-13;1-4-11-6-5-8(7-9(11)12)10(11,2)3/h1-4,7-10,13H,5-6,11-12H2,(H,21,22,23);4*5-16H2,1-4H3;7-11H,1-6H3,(H,16,17,18);1-2,4-7,10H,3,8-9H2,(H,16,17,18);8H,4-7H2,1-3H3/q;4*+1;;;/p-3. The molecule has 0 N–H and O–H groups in total. The van der Waals surface area contributed by atoms with E-state index in [0.717, 1.165) is 57.1 Å². The number of hydrogen-bond acceptors (Lipinski definition) is 14. The van der Waals surface area contributed by atoms with Crippen LogP contribution in [0.15, 0.2) is 114 Å². The Morgan fingerprint density at radius 2 is 0.632 bits per heavy atom. The molecule has 2 fully saturated rings. The molecule has 2 bridgehead atoms. The van der Waals surface area contributed by atoms with Gasteiger partial charge in [0.1, 0.15) is 15.9 Å². The summed E-state index contributed by atoms with van der Waals surface area (Å²) in [7, 11) is -12.9. The van der Waals surface area contributed by atoms with E-state index in [9.17, 15) is 53.3 Å². The molecule has 6 aromatic carbocycles. The fourth-order valence-electron chi connectivity index (χ4n) is 21.0. The van der Waals surface area contributed by atoms with Crippen LogP contribution in [0, 0.1) is 16.7 Å². The fraction of sp³-hybridized carbons (Fsp3) is 0.732. The highest BCUT2D eigenvalue weighted by atomic mass is 32.2. The van der Waals surface area contributed by atoms with E-state index in [-0.39, 0.29) is 48.2 Å². The molecule has 2 unspecified atom stereocenters. The predicted octanol–water partition coefficient (Wildman–Crippen LogP) is 32.2. The molecule has 2 aliphatic rings. The molecule has 0 heterocycles. The first-order valence-electron chi connectivity index (χ1n) is 58.2. The van der Waals surface area contributed by atoms with Gasteiger partial charge in [-0.25, -0.2) is 34.8 Å². The topological polar surface area (TPSA) is 241 Å². The van der Waals surface area contributed by atoms with Crippen molar-refractivity contribution in [3.63, 3.8) is 0 Å². The fourth-order valence-corrected chi connectivity index (χ4v) is 23.2. The van der Waals surface area contributed by atoms with Crippen LogP contribution in [-0.2, 0) is 44.6 Å². The molecule has 0 spiro atoms. The summed E-state index contributed by atoms with van der Waals surface area (Å²) in [6.45, 7) is 78.6. The van der Waals surface area contributed by atoms with Gasteiger partial charge in [-0.1, -0.05) is 367 Å². The normalized spacial score (nSPS) is 14.6. The van der Waals surface area contributed by atoms with Gasteiger partial charge in [-0.2, -0.15) is 0 Å². The molecular formula is C123H215N4O14S3+. The van der Waals surface area contributed by atoms with Crippen molar-refractivity contribution in [3.8, 4) is 0 Å². The lowest BCUT2D eigenvalue weighted by atomic mass is 9.67. The molecule has 6 aromatic rings. The summed E-state index contributed by atoms with van der Waals surface area (Å²) in [6, 6.07) is 33.7. The molecule has 2 atom stereocenters. The van der Waals surface area contributed by atoms with Gasteiger partial charge in [-0.15, -0.1) is 0 Å². The number of quaternary nitrogens is 4. The molecule has 828 valence electrons. The molecule has 0 amide bonds. The van der Waals surface area contributed by atoms with Crippen LogP contribution in [0.3, 0.4) is 0 Å². The van der Waals surface area contributed by atoms with E-state index in [1.54, 1.807) is 12.1 Å². The Morgan fingerprint density at radius 3 is 0.889 bits per heavy atom. The third-order valence-corrected chi connectivity index (χ3v) is 33.2. The second kappa shape index (κ2) is 75.1. The third kappa shape index (κ3) is 50.9. The van der Waals surface area contributed by atoms with Crippen molar-refractivity contribution in [1.82, 2.24) is 0 Å². The van der Waals surface area contributed by atoms with Crippen LogP contribution in [-0.4, -0.2) is 204 Å². The van der Waals surface area contributed by atoms with Gasteiger partial charge < -0.3 is 41.1 Å². The number of Topliss-reactive ketones (excluding diaryl/α,β-unsaturated/α-hetero) is 1. The zero-order valence-electron chi connectivity index (χ0n) is 96.7. The Bertz CT molecular complexity index is 4400. The Hall–Kier alpha value is -5.72. The van der Waals surface area contributed by atoms with Gasteiger partial charge in [-0.05, 0) is 238 Å². The zero-order chi connectivity index (χ0) is 108. The van der Waals surface area contributed by atoms with Crippen molar-refractivity contribution in [2.24, 2.45) is 16.7 Å². The number of ketones is 1. The first kappa shape index (κ1) is 136. The Balaban J connectivity index is 0.000000828. The van der Waals surface area contributed by atoms with Gasteiger partial charge in [0, 0.05) is 23.3 Å². The highest BCUT2D eigenvalue weighted by molar-refractivity contribution is 7.86. The van der Waals surface area contributed by atoms with Crippen molar-refractivity contribution in [2.45, 2.75) is 446 Å². The first-order valence-corrected chi connectivity index (χ1v) is 62.7. The summed E-state index contributed by atoms with van der Waals surface area (Å²) in [6.07, 6.45) is 49.1. The minimum Gasteiger partial charge on any atom is -0.748 e. The number of esters is 2. The lowest BCUT2D eigenvalue weighted by Gasteiger charge is -2.39. The number of benzene rings is 6. The van der Waals surface area contributed by atoms with Crippen LogP contribution in [0.2, 0.25) is 0 Å². The molecule has 144 heavy (non-hydrogen) atoms. The maximum absolute atomic E-state index is 12.6. The van der Waals surface area contributed by atoms with Gasteiger partial charge in [-0.3, -0.25) is 4.79 Å². The number of rotatable bonds is 64. The highest BCUT2D eigenvalue weighted by Gasteiger charge is 2.63. The van der Waals surface area contributed by atoms with Gasteiger partial charge in [0.2, 0.25) is 0 Å². The summed E-state index contributed by atoms with van der Waals surface area (Å²) in [5.41, 5.74) is 3.63. The minimum absolute atomic E-state index is 0.00511. The largest absolute Gasteiger partial charge is 0.748 e. The number of carbonyl (C=O) groups is 3. The summed E-state index contributed by atoms with van der Waals surface area (Å²) >= 11 is 0. The molecule has 0 aliphatic heterocycles. The van der Waals surface area contributed by atoms with Crippen LogP contribution in [0.4, 0.5) is 0 Å². The van der Waals surface area contributed by atoms with Crippen LogP contribution < -0.4 is 0 Å². The van der Waals surface area contributed by atoms with Crippen molar-refractivity contribution in [3.05, 3.63) is 137 Å². The van der Waals surface area contributed by atoms with Crippen molar-refractivity contribution < 1.29 is 80.7 Å². The molecule has 18 nitrogen and oxygen atoms in total. The molecule has 2 saturated carbocycles. The van der Waals surface area contributed by atoms with Gasteiger partial charge in [0.25, 0.3) is 0 Å². The van der Waals surface area contributed by atoms with Crippen LogP contribution in [0.1, 0.15) is 479 Å². The second-order valence-corrected chi connectivity index (χ2v) is 48.0. The van der Waals surface area contributed by atoms with E-state index in [1.165, 1.54) is 335 Å². The van der Waals surface area contributed by atoms with E-state index in [1.807, 2.05) is 125 Å². The monoisotopic (exact) mass is 2070 g/mol. The minimum atomic E-state index is -4.45. The van der Waals surface area contributed by atoms with Crippen LogP contribution in [0.25, 0.3) is 32.3 Å². The van der Waals surface area contributed by atoms with E-state index < -0.39 is 53.8 Å². The average Bonchev–Trinajstić information content (AvgIpc) is 1.55. The SMILES string of the molecule is CC(C)c1cc(C(C)C)c(S(=O)(=O)[O-])c(C(C)C)c1.CCC12CCC(CC1=O)C2(C)C.CCCC[N+](CCCC)(CCCC)CCCC.CCCC[N+](CCCC)(CCCC)CCCC.CCCC[N+](CCCC)(CCCC)CCCC.CCCC[N+](CCCC)(CCCC)CCCC.O=C(OCCCCS(=O)(=O)[O-])c1c2ccccc2cc2ccccc12.O=C(OCCCS(=O)(=O)[O-])c1ccc2ccccc2c1. The number of fused-ring (bicyclic) bond motifs is 5. The van der Waals surface area contributed by atoms with Crippen molar-refractivity contribution >= 4 is 80.4 Å². The van der Waals surface area contributed by atoms with Gasteiger partial charge >= 0.3 is 11.9 Å². The summed E-state index contributed by atoms with van der Waals surface area (Å²) in [4.78, 5) is 36.2. The van der Waals surface area contributed by atoms with E-state index in [0.29, 0.717) is 51.7 Å². The highest BCUT2D eigenvalue weighted by Crippen LogP contribution is 2.65. The lowest BCUT2D eigenvalue weighted by molar-refractivity contribution is -0.929. The third-order valence-electron chi connectivity index (χ3n) is 30.6. The first-order chi connectivity index (χ1) is 68.5. The Labute approximate surface area is 884 Å². The molecule has 8 rings (SSSR count). The summed E-state index contributed by atoms with van der Waals surface area (Å²) < 4.78 is 114. The van der Waals surface area contributed by atoms with Crippen LogP contribution >= 0.6 is 0 Å². The molecule has 21 heteroatoms. The molecule has 2 aliphatic carbocycles. The van der Waals surface area contributed by atoms with E-state index >= 15 is 0 Å². The number of unbranched alkanes of at least 4 members (excludes halogenated alkanes) is 17.